The maximum Gasteiger partial charge on any atom is 0.325 e. The SMILES string of the molecule is COC(=O)CNC(=O)c1ccc(NC(=O)N(C)Cc2ccc(Br)cc2)cc1. The topological polar surface area (TPSA) is 87.7 Å². The van der Waals surface area contributed by atoms with Crippen LogP contribution in [0.3, 0.4) is 0 Å². The number of hydrogen-bond donors (Lipinski definition) is 2. The molecule has 0 aliphatic carbocycles. The first-order valence-corrected chi connectivity index (χ1v) is 8.90. The fourth-order valence-corrected chi connectivity index (χ4v) is 2.45. The van der Waals surface area contributed by atoms with Gasteiger partial charge in [-0.3, -0.25) is 9.59 Å². The number of amides is 3. The number of urea groups is 1. The average molecular weight is 434 g/mol. The van der Waals surface area contributed by atoms with Crippen molar-refractivity contribution in [3.8, 4) is 0 Å². The third kappa shape index (κ3) is 6.41. The predicted molar refractivity (Wildman–Crippen MR) is 105 cm³/mol. The summed E-state index contributed by atoms with van der Waals surface area (Å²) in [6.45, 7) is 0.266. The minimum Gasteiger partial charge on any atom is -0.468 e. The summed E-state index contributed by atoms with van der Waals surface area (Å²) < 4.78 is 5.44. The van der Waals surface area contributed by atoms with Gasteiger partial charge in [0.2, 0.25) is 0 Å². The second-order valence-corrected chi connectivity index (χ2v) is 6.66. The van der Waals surface area contributed by atoms with Crippen LogP contribution in [-0.4, -0.2) is 43.5 Å². The molecule has 2 aromatic rings. The lowest BCUT2D eigenvalue weighted by molar-refractivity contribution is -0.139. The number of anilines is 1. The van der Waals surface area contributed by atoms with Crippen LogP contribution < -0.4 is 10.6 Å². The zero-order chi connectivity index (χ0) is 19.8. The van der Waals surface area contributed by atoms with Gasteiger partial charge in [0.1, 0.15) is 6.54 Å². The van der Waals surface area contributed by atoms with Gasteiger partial charge in [-0.25, -0.2) is 4.79 Å². The van der Waals surface area contributed by atoms with E-state index in [4.69, 9.17) is 0 Å². The minimum atomic E-state index is -0.527. The van der Waals surface area contributed by atoms with Gasteiger partial charge < -0.3 is 20.3 Å². The van der Waals surface area contributed by atoms with E-state index in [1.54, 1.807) is 36.2 Å². The van der Waals surface area contributed by atoms with E-state index in [1.165, 1.54) is 7.11 Å². The van der Waals surface area contributed by atoms with Gasteiger partial charge in [0.05, 0.1) is 7.11 Å². The lowest BCUT2D eigenvalue weighted by Gasteiger charge is -2.18. The molecule has 0 spiro atoms. The molecule has 0 aromatic heterocycles. The van der Waals surface area contributed by atoms with E-state index in [0.29, 0.717) is 17.8 Å². The van der Waals surface area contributed by atoms with Gasteiger partial charge in [-0.1, -0.05) is 28.1 Å². The van der Waals surface area contributed by atoms with Crippen molar-refractivity contribution in [3.05, 3.63) is 64.1 Å². The van der Waals surface area contributed by atoms with E-state index in [-0.39, 0.29) is 12.6 Å². The first-order valence-electron chi connectivity index (χ1n) is 8.10. The first-order chi connectivity index (χ1) is 12.9. The third-order valence-electron chi connectivity index (χ3n) is 3.70. The number of halogens is 1. The lowest BCUT2D eigenvalue weighted by Crippen LogP contribution is -2.31. The molecule has 0 heterocycles. The van der Waals surface area contributed by atoms with Crippen LogP contribution in [0.25, 0.3) is 0 Å². The molecule has 7 nitrogen and oxygen atoms in total. The van der Waals surface area contributed by atoms with Crippen LogP contribution in [0, 0.1) is 0 Å². The average Bonchev–Trinajstić information content (AvgIpc) is 2.68. The Balaban J connectivity index is 1.89. The van der Waals surface area contributed by atoms with Gasteiger partial charge >= 0.3 is 12.0 Å². The van der Waals surface area contributed by atoms with Crippen molar-refractivity contribution in [2.75, 3.05) is 26.0 Å². The minimum absolute atomic E-state index is 0.200. The maximum atomic E-state index is 12.3. The zero-order valence-electron chi connectivity index (χ0n) is 15.0. The van der Waals surface area contributed by atoms with E-state index >= 15 is 0 Å². The highest BCUT2D eigenvalue weighted by Gasteiger charge is 2.11. The molecule has 0 aliphatic rings. The molecule has 0 fully saturated rings. The summed E-state index contributed by atoms with van der Waals surface area (Å²) in [5.74, 6) is -0.924. The molecular formula is C19H20BrN3O4. The highest BCUT2D eigenvalue weighted by Crippen LogP contribution is 2.13. The molecule has 142 valence electrons. The van der Waals surface area contributed by atoms with E-state index in [9.17, 15) is 14.4 Å². The van der Waals surface area contributed by atoms with Gasteiger partial charge in [-0.2, -0.15) is 0 Å². The second-order valence-electron chi connectivity index (χ2n) is 5.75. The fraction of sp³-hybridized carbons (Fsp3) is 0.211. The van der Waals surface area contributed by atoms with Crippen molar-refractivity contribution in [2.45, 2.75) is 6.54 Å². The number of benzene rings is 2. The molecule has 0 radical (unpaired) electrons. The molecule has 2 aromatic carbocycles. The van der Waals surface area contributed by atoms with Crippen LogP contribution in [0.1, 0.15) is 15.9 Å². The Morgan fingerprint density at radius 2 is 1.67 bits per heavy atom. The molecule has 0 saturated carbocycles. The number of nitrogens with zero attached hydrogens (tertiary/aromatic N) is 1. The maximum absolute atomic E-state index is 12.3. The Bertz CT molecular complexity index is 807. The monoisotopic (exact) mass is 433 g/mol. The van der Waals surface area contributed by atoms with Gasteiger partial charge in [0, 0.05) is 29.3 Å². The van der Waals surface area contributed by atoms with Crippen molar-refractivity contribution in [1.82, 2.24) is 10.2 Å². The van der Waals surface area contributed by atoms with Gasteiger partial charge in [-0.15, -0.1) is 0 Å². The molecule has 0 unspecified atom stereocenters. The van der Waals surface area contributed by atoms with Crippen LogP contribution in [0.5, 0.6) is 0 Å². The molecular weight excluding hydrogens is 414 g/mol. The Hall–Kier alpha value is -2.87. The molecule has 8 heteroatoms. The standard InChI is InChI=1S/C19H20BrN3O4/c1-23(12-13-3-7-15(20)8-4-13)19(26)22-16-9-5-14(6-10-16)18(25)21-11-17(24)27-2/h3-10H,11-12H2,1-2H3,(H,21,25)(H,22,26). The lowest BCUT2D eigenvalue weighted by atomic mass is 10.2. The number of rotatable bonds is 6. The number of nitrogens with one attached hydrogen (secondary N) is 2. The van der Waals surface area contributed by atoms with Gasteiger partial charge in [0.15, 0.2) is 0 Å². The van der Waals surface area contributed by atoms with E-state index < -0.39 is 11.9 Å². The van der Waals surface area contributed by atoms with Crippen LogP contribution in [0.4, 0.5) is 10.5 Å². The van der Waals surface area contributed by atoms with E-state index in [1.807, 2.05) is 24.3 Å². The molecule has 0 bridgehead atoms. The smallest absolute Gasteiger partial charge is 0.325 e. The summed E-state index contributed by atoms with van der Waals surface area (Å²) in [6.07, 6.45) is 0. The number of carbonyl (C=O) groups excluding carboxylic acids is 3. The van der Waals surface area contributed by atoms with Crippen LogP contribution in [-0.2, 0) is 16.1 Å². The van der Waals surface area contributed by atoms with Crippen molar-refractivity contribution < 1.29 is 19.1 Å². The summed E-state index contributed by atoms with van der Waals surface area (Å²) >= 11 is 3.38. The van der Waals surface area contributed by atoms with E-state index in [2.05, 4.69) is 31.3 Å². The largest absolute Gasteiger partial charge is 0.468 e. The van der Waals surface area contributed by atoms with Crippen LogP contribution in [0.2, 0.25) is 0 Å². The number of methoxy groups -OCH3 is 1. The van der Waals surface area contributed by atoms with E-state index in [0.717, 1.165) is 10.0 Å². The van der Waals surface area contributed by atoms with Crippen molar-refractivity contribution in [1.29, 1.82) is 0 Å². The number of esters is 1. The summed E-state index contributed by atoms with van der Waals surface area (Å²) in [6, 6.07) is 13.8. The van der Waals surface area contributed by atoms with Crippen molar-refractivity contribution in [3.63, 3.8) is 0 Å². The highest BCUT2D eigenvalue weighted by molar-refractivity contribution is 9.10. The number of ether oxygens (including phenoxy) is 1. The van der Waals surface area contributed by atoms with Crippen LogP contribution in [0.15, 0.2) is 53.0 Å². The van der Waals surface area contributed by atoms with Crippen molar-refractivity contribution in [2.24, 2.45) is 0 Å². The Morgan fingerprint density at radius 3 is 2.26 bits per heavy atom. The molecule has 3 amide bonds. The Morgan fingerprint density at radius 1 is 1.04 bits per heavy atom. The fourth-order valence-electron chi connectivity index (χ4n) is 2.19. The van der Waals surface area contributed by atoms with Crippen LogP contribution >= 0.6 is 15.9 Å². The Kier molecular flexibility index (Phi) is 7.36. The third-order valence-corrected chi connectivity index (χ3v) is 4.23. The Labute approximate surface area is 165 Å². The highest BCUT2D eigenvalue weighted by atomic mass is 79.9. The molecule has 2 N–H and O–H groups in total. The molecule has 27 heavy (non-hydrogen) atoms. The molecule has 2 rings (SSSR count). The zero-order valence-corrected chi connectivity index (χ0v) is 16.6. The molecule has 0 atom stereocenters. The summed E-state index contributed by atoms with van der Waals surface area (Å²) in [5.41, 5.74) is 1.95. The predicted octanol–water partition coefficient (Wildman–Crippen LogP) is 3.02. The molecule has 0 saturated heterocycles. The second kappa shape index (κ2) is 9.72. The normalized spacial score (nSPS) is 10.0. The summed E-state index contributed by atoms with van der Waals surface area (Å²) in [5, 5.41) is 5.22. The first kappa shape index (κ1) is 20.4. The number of hydrogen-bond acceptors (Lipinski definition) is 4. The quantitative estimate of drug-likeness (QED) is 0.685. The van der Waals surface area contributed by atoms with Gasteiger partial charge in [-0.05, 0) is 42.0 Å². The summed E-state index contributed by atoms with van der Waals surface area (Å²) in [7, 11) is 2.95. The number of carbonyl (C=O) groups is 3. The van der Waals surface area contributed by atoms with Gasteiger partial charge in [0.25, 0.3) is 5.91 Å². The molecule has 0 aliphatic heterocycles. The summed E-state index contributed by atoms with van der Waals surface area (Å²) in [4.78, 5) is 36.8. The van der Waals surface area contributed by atoms with Crippen molar-refractivity contribution >= 4 is 39.5 Å².